The second-order valence-electron chi connectivity index (χ2n) is 5.27. The van der Waals surface area contributed by atoms with E-state index in [1.165, 1.54) is 6.08 Å². The average Bonchev–Trinajstić information content (AvgIpc) is 2.56. The second-order valence-corrected chi connectivity index (χ2v) is 5.27. The Labute approximate surface area is 137 Å². The van der Waals surface area contributed by atoms with E-state index >= 15 is 0 Å². The van der Waals surface area contributed by atoms with E-state index in [2.05, 4.69) is 0 Å². The number of ether oxygens (including phenoxy) is 2. The third-order valence-corrected chi connectivity index (χ3v) is 3.51. The first kappa shape index (κ1) is 16.8. The molecular formula is C20H22O3. The van der Waals surface area contributed by atoms with Crippen molar-refractivity contribution in [3.05, 3.63) is 71.8 Å². The van der Waals surface area contributed by atoms with E-state index in [4.69, 9.17) is 9.47 Å². The summed E-state index contributed by atoms with van der Waals surface area (Å²) in [6, 6.07) is 17.8. The maximum absolute atomic E-state index is 11.5. The number of esters is 1. The van der Waals surface area contributed by atoms with Crippen LogP contribution in [-0.2, 0) is 9.53 Å². The molecule has 2 aromatic carbocycles. The topological polar surface area (TPSA) is 35.5 Å². The molecule has 0 fully saturated rings. The monoisotopic (exact) mass is 310 g/mol. The lowest BCUT2D eigenvalue weighted by molar-refractivity contribution is -0.137. The molecule has 0 N–H and O–H groups in total. The minimum atomic E-state index is -0.317. The molecule has 2 aromatic rings. The highest BCUT2D eigenvalue weighted by Gasteiger charge is 2.07. The fraction of sp³-hybridized carbons (Fsp3) is 0.250. The van der Waals surface area contributed by atoms with Crippen molar-refractivity contribution >= 4 is 11.5 Å². The molecule has 0 spiro atoms. The van der Waals surface area contributed by atoms with E-state index < -0.39 is 0 Å². The first-order chi connectivity index (χ1) is 11.1. The quantitative estimate of drug-likeness (QED) is 0.568. The van der Waals surface area contributed by atoms with Crippen molar-refractivity contribution in [1.82, 2.24) is 0 Å². The van der Waals surface area contributed by atoms with Crippen LogP contribution in [0.15, 0.2) is 60.7 Å². The van der Waals surface area contributed by atoms with Gasteiger partial charge in [-0.1, -0.05) is 42.5 Å². The Balaban J connectivity index is 2.03. The standard InChI is InChI=1S/C20H22O3/c1-4-22-20(21)14-15(2)17-10-12-19(13-11-17)23-16(3)18-8-6-5-7-9-18/h5-14,16H,4H2,1-3H3/b15-14+. The van der Waals surface area contributed by atoms with Gasteiger partial charge in [0, 0.05) is 6.08 Å². The summed E-state index contributed by atoms with van der Waals surface area (Å²) in [6.07, 6.45) is 1.49. The normalized spacial score (nSPS) is 12.6. The number of allylic oxidation sites excluding steroid dienone is 1. The first-order valence-electron chi connectivity index (χ1n) is 7.77. The maximum atomic E-state index is 11.5. The van der Waals surface area contributed by atoms with E-state index in [-0.39, 0.29) is 12.1 Å². The molecule has 0 amide bonds. The van der Waals surface area contributed by atoms with Gasteiger partial charge in [0.2, 0.25) is 0 Å². The summed E-state index contributed by atoms with van der Waals surface area (Å²) in [5.74, 6) is 0.483. The molecule has 0 aliphatic heterocycles. The van der Waals surface area contributed by atoms with E-state index in [0.29, 0.717) is 6.61 Å². The van der Waals surface area contributed by atoms with Crippen LogP contribution in [-0.4, -0.2) is 12.6 Å². The predicted molar refractivity (Wildman–Crippen MR) is 92.2 cm³/mol. The highest BCUT2D eigenvalue weighted by atomic mass is 16.5. The van der Waals surface area contributed by atoms with Crippen LogP contribution in [0.1, 0.15) is 38.0 Å². The van der Waals surface area contributed by atoms with Gasteiger partial charge in [-0.2, -0.15) is 0 Å². The smallest absolute Gasteiger partial charge is 0.331 e. The van der Waals surface area contributed by atoms with E-state index in [9.17, 15) is 4.79 Å². The summed E-state index contributed by atoms with van der Waals surface area (Å²) in [4.78, 5) is 11.5. The van der Waals surface area contributed by atoms with Gasteiger partial charge in [0.1, 0.15) is 11.9 Å². The van der Waals surface area contributed by atoms with E-state index in [1.807, 2.05) is 68.4 Å². The van der Waals surface area contributed by atoms with Crippen molar-refractivity contribution in [2.45, 2.75) is 26.9 Å². The van der Waals surface area contributed by atoms with Gasteiger partial charge in [-0.3, -0.25) is 0 Å². The Morgan fingerprint density at radius 2 is 1.74 bits per heavy atom. The molecule has 0 heterocycles. The molecule has 23 heavy (non-hydrogen) atoms. The number of hydrogen-bond acceptors (Lipinski definition) is 3. The van der Waals surface area contributed by atoms with Gasteiger partial charge in [-0.05, 0) is 49.6 Å². The van der Waals surface area contributed by atoms with Gasteiger partial charge >= 0.3 is 5.97 Å². The lowest BCUT2D eigenvalue weighted by Crippen LogP contribution is -2.02. The maximum Gasteiger partial charge on any atom is 0.331 e. The van der Waals surface area contributed by atoms with E-state index in [0.717, 1.165) is 22.4 Å². The van der Waals surface area contributed by atoms with Crippen molar-refractivity contribution < 1.29 is 14.3 Å². The van der Waals surface area contributed by atoms with Gasteiger partial charge in [0.15, 0.2) is 0 Å². The fourth-order valence-corrected chi connectivity index (χ4v) is 2.24. The zero-order chi connectivity index (χ0) is 16.7. The predicted octanol–water partition coefficient (Wildman–Crippen LogP) is 4.79. The summed E-state index contributed by atoms with van der Waals surface area (Å²) >= 11 is 0. The van der Waals surface area contributed by atoms with Gasteiger partial charge in [-0.15, -0.1) is 0 Å². The molecule has 3 heteroatoms. The lowest BCUT2D eigenvalue weighted by atomic mass is 10.1. The van der Waals surface area contributed by atoms with Crippen LogP contribution in [0.5, 0.6) is 5.75 Å². The van der Waals surface area contributed by atoms with Crippen LogP contribution in [0.2, 0.25) is 0 Å². The molecule has 0 saturated heterocycles. The molecule has 0 aliphatic rings. The Bertz CT molecular complexity index is 657. The van der Waals surface area contributed by atoms with Crippen LogP contribution in [0.3, 0.4) is 0 Å². The van der Waals surface area contributed by atoms with Crippen LogP contribution < -0.4 is 4.74 Å². The van der Waals surface area contributed by atoms with Gasteiger partial charge in [0.05, 0.1) is 6.61 Å². The lowest BCUT2D eigenvalue weighted by Gasteiger charge is -2.15. The van der Waals surface area contributed by atoms with Crippen molar-refractivity contribution in [3.8, 4) is 5.75 Å². The van der Waals surface area contributed by atoms with Crippen LogP contribution in [0, 0.1) is 0 Å². The minimum absolute atomic E-state index is 0.0155. The molecule has 1 atom stereocenters. The highest BCUT2D eigenvalue weighted by molar-refractivity contribution is 5.90. The van der Waals surface area contributed by atoms with Crippen LogP contribution in [0.4, 0.5) is 0 Å². The molecule has 3 nitrogen and oxygen atoms in total. The van der Waals surface area contributed by atoms with Gasteiger partial charge in [-0.25, -0.2) is 4.79 Å². The molecular weight excluding hydrogens is 288 g/mol. The zero-order valence-corrected chi connectivity index (χ0v) is 13.8. The van der Waals surface area contributed by atoms with Crippen molar-refractivity contribution in [1.29, 1.82) is 0 Å². The Kier molecular flexibility index (Phi) is 5.98. The van der Waals surface area contributed by atoms with Crippen LogP contribution in [0.25, 0.3) is 5.57 Å². The molecule has 0 radical (unpaired) electrons. The van der Waals surface area contributed by atoms with Crippen LogP contribution >= 0.6 is 0 Å². The summed E-state index contributed by atoms with van der Waals surface area (Å²) in [5.41, 5.74) is 2.97. The molecule has 0 bridgehead atoms. The number of carbonyl (C=O) groups excluding carboxylic acids is 1. The molecule has 0 aromatic heterocycles. The summed E-state index contributed by atoms with van der Waals surface area (Å²) in [7, 11) is 0. The van der Waals surface area contributed by atoms with Crippen molar-refractivity contribution in [3.63, 3.8) is 0 Å². The van der Waals surface area contributed by atoms with Crippen molar-refractivity contribution in [2.75, 3.05) is 6.61 Å². The number of benzene rings is 2. The largest absolute Gasteiger partial charge is 0.486 e. The first-order valence-corrected chi connectivity index (χ1v) is 7.77. The summed E-state index contributed by atoms with van der Waals surface area (Å²) in [6.45, 7) is 6.09. The highest BCUT2D eigenvalue weighted by Crippen LogP contribution is 2.23. The molecule has 0 saturated carbocycles. The van der Waals surface area contributed by atoms with Gasteiger partial charge < -0.3 is 9.47 Å². The molecule has 2 rings (SSSR count). The SMILES string of the molecule is CCOC(=O)/C=C(\C)c1ccc(OC(C)c2ccccc2)cc1. The minimum Gasteiger partial charge on any atom is -0.486 e. The molecule has 0 aliphatic carbocycles. The molecule has 1 unspecified atom stereocenters. The zero-order valence-electron chi connectivity index (χ0n) is 13.8. The van der Waals surface area contributed by atoms with Crippen molar-refractivity contribution in [2.24, 2.45) is 0 Å². The number of carbonyl (C=O) groups is 1. The Morgan fingerprint density at radius 3 is 2.35 bits per heavy atom. The second kappa shape index (κ2) is 8.18. The fourth-order valence-electron chi connectivity index (χ4n) is 2.24. The van der Waals surface area contributed by atoms with Gasteiger partial charge in [0.25, 0.3) is 0 Å². The number of hydrogen-bond donors (Lipinski definition) is 0. The average molecular weight is 310 g/mol. The third-order valence-electron chi connectivity index (χ3n) is 3.51. The molecule has 120 valence electrons. The third kappa shape index (κ3) is 4.99. The Hall–Kier alpha value is -2.55. The number of rotatable bonds is 6. The summed E-state index contributed by atoms with van der Waals surface area (Å²) in [5, 5.41) is 0. The Morgan fingerprint density at radius 1 is 1.09 bits per heavy atom. The summed E-state index contributed by atoms with van der Waals surface area (Å²) < 4.78 is 10.9. The van der Waals surface area contributed by atoms with E-state index in [1.54, 1.807) is 6.92 Å².